The van der Waals surface area contributed by atoms with E-state index in [1.165, 1.54) is 0 Å². The molecule has 3 rings (SSSR count). The van der Waals surface area contributed by atoms with Gasteiger partial charge in [-0.3, -0.25) is 9.80 Å². The lowest BCUT2D eigenvalue weighted by molar-refractivity contribution is 0.143. The Kier molecular flexibility index (Phi) is 6.70. The predicted molar refractivity (Wildman–Crippen MR) is 114 cm³/mol. The first kappa shape index (κ1) is 20.4. The number of nitrogens with zero attached hydrogens (tertiary/aromatic N) is 4. The van der Waals surface area contributed by atoms with Gasteiger partial charge in [-0.2, -0.15) is 5.26 Å². The van der Waals surface area contributed by atoms with Crippen LogP contribution in [-0.2, 0) is 4.74 Å². The highest BCUT2D eigenvalue weighted by Gasteiger charge is 2.32. The lowest BCUT2D eigenvalue weighted by atomic mass is 10.2. The van der Waals surface area contributed by atoms with Crippen LogP contribution < -0.4 is 15.1 Å². The number of amides is 1. The summed E-state index contributed by atoms with van der Waals surface area (Å²) >= 11 is 5.27. The molecule has 2 aliphatic heterocycles. The van der Waals surface area contributed by atoms with Gasteiger partial charge in [-0.15, -0.1) is 0 Å². The van der Waals surface area contributed by atoms with E-state index in [2.05, 4.69) is 21.2 Å². The summed E-state index contributed by atoms with van der Waals surface area (Å²) in [5, 5.41) is 12.0. The number of piperazine rings is 1. The van der Waals surface area contributed by atoms with Crippen LogP contribution in [0.3, 0.4) is 0 Å². The van der Waals surface area contributed by atoms with Gasteiger partial charge in [0.15, 0.2) is 0 Å². The van der Waals surface area contributed by atoms with Crippen LogP contribution in [-0.4, -0.2) is 67.9 Å². The van der Waals surface area contributed by atoms with E-state index in [4.69, 9.17) is 22.2 Å². The second kappa shape index (κ2) is 9.22. The second-order valence-corrected chi connectivity index (χ2v) is 7.89. The summed E-state index contributed by atoms with van der Waals surface area (Å²) in [5.74, 6) is 0.275. The molecule has 8 heteroatoms. The SMILES string of the molecule is CC(C)C(=S)NC[C@H]1CN(c2ccc(N3CCN(CC#N)CC3)cc2)C(=O)O1. The quantitative estimate of drug-likeness (QED) is 0.579. The highest BCUT2D eigenvalue weighted by molar-refractivity contribution is 7.80. The van der Waals surface area contributed by atoms with Gasteiger partial charge in [-0.05, 0) is 24.3 Å². The standard InChI is InChI=1S/C20H27N5O2S/c1-15(2)19(28)22-13-18-14-25(20(26)27-18)17-5-3-16(4-6-17)24-11-9-23(8-7-21)10-12-24/h3-6,15,18H,8-14H2,1-2H3,(H,22,28)/t18-/m0/s1. The lowest BCUT2D eigenvalue weighted by Gasteiger charge is -2.35. The van der Waals surface area contributed by atoms with Crippen LogP contribution in [0.15, 0.2) is 24.3 Å². The molecule has 1 aromatic carbocycles. The van der Waals surface area contributed by atoms with E-state index in [1.54, 1.807) is 4.90 Å². The van der Waals surface area contributed by atoms with Crippen molar-refractivity contribution in [1.29, 1.82) is 5.26 Å². The van der Waals surface area contributed by atoms with Crippen molar-refractivity contribution in [3.05, 3.63) is 24.3 Å². The van der Waals surface area contributed by atoms with E-state index < -0.39 is 0 Å². The molecule has 0 radical (unpaired) electrons. The molecule has 0 spiro atoms. The number of thiocarbonyl (C=S) groups is 1. The van der Waals surface area contributed by atoms with Crippen molar-refractivity contribution in [1.82, 2.24) is 10.2 Å². The summed E-state index contributed by atoms with van der Waals surface area (Å²) in [7, 11) is 0. The van der Waals surface area contributed by atoms with Crippen molar-refractivity contribution in [2.45, 2.75) is 20.0 Å². The Labute approximate surface area is 171 Å². The minimum absolute atomic E-state index is 0.211. The van der Waals surface area contributed by atoms with Crippen LogP contribution in [0.5, 0.6) is 0 Å². The van der Waals surface area contributed by atoms with Crippen LogP contribution in [0.4, 0.5) is 16.2 Å². The van der Waals surface area contributed by atoms with Crippen LogP contribution in [0.2, 0.25) is 0 Å². The first-order valence-electron chi connectivity index (χ1n) is 9.68. The number of benzene rings is 1. The maximum atomic E-state index is 12.2. The zero-order chi connectivity index (χ0) is 20.1. The van der Waals surface area contributed by atoms with E-state index in [0.717, 1.165) is 42.5 Å². The Morgan fingerprint density at radius 1 is 1.25 bits per heavy atom. The normalized spacial score (nSPS) is 20.2. The fourth-order valence-electron chi connectivity index (χ4n) is 3.36. The number of cyclic esters (lactones) is 1. The third kappa shape index (κ3) is 4.91. The molecule has 1 aromatic rings. The molecular formula is C20H27N5O2S. The fourth-order valence-corrected chi connectivity index (χ4v) is 3.45. The van der Waals surface area contributed by atoms with Gasteiger partial charge >= 0.3 is 6.09 Å². The maximum absolute atomic E-state index is 12.2. The van der Waals surface area contributed by atoms with E-state index in [0.29, 0.717) is 19.6 Å². The molecule has 2 heterocycles. The Morgan fingerprint density at radius 3 is 2.50 bits per heavy atom. The molecule has 150 valence electrons. The summed E-state index contributed by atoms with van der Waals surface area (Å²) < 4.78 is 5.46. The third-order valence-corrected chi connectivity index (χ3v) is 5.71. The molecule has 0 saturated carbocycles. The number of carbonyl (C=O) groups is 1. The molecular weight excluding hydrogens is 374 g/mol. The second-order valence-electron chi connectivity index (χ2n) is 7.45. The van der Waals surface area contributed by atoms with Crippen molar-refractivity contribution < 1.29 is 9.53 Å². The highest BCUT2D eigenvalue weighted by Crippen LogP contribution is 2.25. The van der Waals surface area contributed by atoms with E-state index >= 15 is 0 Å². The van der Waals surface area contributed by atoms with Gasteiger partial charge in [-0.25, -0.2) is 4.79 Å². The first-order chi connectivity index (χ1) is 13.5. The molecule has 0 bridgehead atoms. The Hall–Kier alpha value is -2.37. The zero-order valence-corrected chi connectivity index (χ0v) is 17.2. The topological polar surface area (TPSA) is 71.8 Å². The molecule has 0 unspecified atom stereocenters. The summed E-state index contributed by atoms with van der Waals surface area (Å²) in [6, 6.07) is 10.2. The van der Waals surface area contributed by atoms with E-state index in [9.17, 15) is 4.79 Å². The first-order valence-corrected chi connectivity index (χ1v) is 10.1. The van der Waals surface area contributed by atoms with Crippen molar-refractivity contribution in [2.24, 2.45) is 5.92 Å². The molecule has 1 amide bonds. The molecule has 1 N–H and O–H groups in total. The average molecular weight is 402 g/mol. The van der Waals surface area contributed by atoms with Crippen LogP contribution in [0, 0.1) is 17.2 Å². The van der Waals surface area contributed by atoms with Gasteiger partial charge in [0.25, 0.3) is 0 Å². The van der Waals surface area contributed by atoms with Crippen LogP contribution >= 0.6 is 12.2 Å². The van der Waals surface area contributed by atoms with E-state index in [-0.39, 0.29) is 18.1 Å². The molecule has 1 atom stereocenters. The summed E-state index contributed by atoms with van der Waals surface area (Å²) in [4.78, 5) is 19.2. The molecule has 0 aliphatic carbocycles. The zero-order valence-electron chi connectivity index (χ0n) is 16.4. The number of carbonyl (C=O) groups excluding carboxylic acids is 1. The molecule has 2 saturated heterocycles. The lowest BCUT2D eigenvalue weighted by Crippen LogP contribution is -2.46. The fraction of sp³-hybridized carbons (Fsp3) is 0.550. The Morgan fingerprint density at radius 2 is 1.89 bits per heavy atom. The van der Waals surface area contributed by atoms with Crippen molar-refractivity contribution >= 4 is 34.7 Å². The number of ether oxygens (including phenoxy) is 1. The number of hydrogen-bond donors (Lipinski definition) is 1. The summed E-state index contributed by atoms with van der Waals surface area (Å²) in [6.45, 7) is 9.18. The third-order valence-electron chi connectivity index (χ3n) is 5.10. The molecule has 28 heavy (non-hydrogen) atoms. The van der Waals surface area contributed by atoms with E-state index in [1.807, 2.05) is 38.1 Å². The van der Waals surface area contributed by atoms with Crippen molar-refractivity contribution in [3.8, 4) is 6.07 Å². The molecule has 2 aliphatic rings. The average Bonchev–Trinajstić information content (AvgIpc) is 3.07. The van der Waals surface area contributed by atoms with Gasteiger partial charge < -0.3 is 15.0 Å². The number of anilines is 2. The largest absolute Gasteiger partial charge is 0.442 e. The van der Waals surface area contributed by atoms with Crippen molar-refractivity contribution in [2.75, 3.05) is 55.6 Å². The van der Waals surface area contributed by atoms with Gasteiger partial charge in [0.05, 0.1) is 30.7 Å². The van der Waals surface area contributed by atoms with Gasteiger partial charge in [0, 0.05) is 43.5 Å². The predicted octanol–water partition coefficient (Wildman–Crippen LogP) is 2.23. The van der Waals surface area contributed by atoms with Gasteiger partial charge in [0.1, 0.15) is 6.10 Å². The van der Waals surface area contributed by atoms with Gasteiger partial charge in [-0.1, -0.05) is 26.1 Å². The molecule has 7 nitrogen and oxygen atoms in total. The van der Waals surface area contributed by atoms with Gasteiger partial charge in [0.2, 0.25) is 0 Å². The molecule has 0 aromatic heterocycles. The highest BCUT2D eigenvalue weighted by atomic mass is 32.1. The van der Waals surface area contributed by atoms with Crippen molar-refractivity contribution in [3.63, 3.8) is 0 Å². The number of nitrogens with one attached hydrogen (secondary N) is 1. The Balaban J connectivity index is 1.54. The minimum atomic E-state index is -0.319. The van der Waals surface area contributed by atoms with Crippen LogP contribution in [0.25, 0.3) is 0 Å². The number of hydrogen-bond acceptors (Lipinski definition) is 6. The number of rotatable bonds is 6. The van der Waals surface area contributed by atoms with Crippen LogP contribution in [0.1, 0.15) is 13.8 Å². The summed E-state index contributed by atoms with van der Waals surface area (Å²) in [6.07, 6.45) is -0.530. The monoisotopic (exact) mass is 401 g/mol. The Bertz CT molecular complexity index is 738. The minimum Gasteiger partial charge on any atom is -0.442 e. The summed E-state index contributed by atoms with van der Waals surface area (Å²) in [5.41, 5.74) is 1.97. The number of nitriles is 1. The molecule has 2 fully saturated rings. The smallest absolute Gasteiger partial charge is 0.414 e. The maximum Gasteiger partial charge on any atom is 0.414 e.